The molecule has 0 aliphatic heterocycles. The molecule has 0 saturated heterocycles. The maximum Gasteiger partial charge on any atom is 0.402 e. The molecule has 0 N–H and O–H groups in total. The first-order chi connectivity index (χ1) is 9.16. The van der Waals surface area contributed by atoms with Gasteiger partial charge in [0, 0.05) is 7.05 Å². The van der Waals surface area contributed by atoms with Gasteiger partial charge in [0.2, 0.25) is 10.0 Å². The second kappa shape index (κ2) is 6.64. The summed E-state index contributed by atoms with van der Waals surface area (Å²) < 4.78 is 65.8. The van der Waals surface area contributed by atoms with E-state index < -0.39 is 22.7 Å². The predicted octanol–water partition coefficient (Wildman–Crippen LogP) is 2.49. The van der Waals surface area contributed by atoms with Crippen LogP contribution in [-0.4, -0.2) is 45.0 Å². The molecule has 0 heterocycles. The first-order valence-electron chi connectivity index (χ1n) is 5.49. The van der Waals surface area contributed by atoms with Gasteiger partial charge in [0.05, 0.1) is 10.8 Å². The van der Waals surface area contributed by atoms with Crippen LogP contribution in [0.1, 0.15) is 0 Å². The van der Waals surface area contributed by atoms with E-state index in [9.17, 15) is 21.6 Å². The molecule has 0 bridgehead atoms. The molecule has 4 nitrogen and oxygen atoms in total. The van der Waals surface area contributed by atoms with E-state index >= 15 is 0 Å². The molecule has 0 fully saturated rings. The molecule has 0 aliphatic rings. The molecule has 20 heavy (non-hydrogen) atoms. The summed E-state index contributed by atoms with van der Waals surface area (Å²) in [6.07, 6.45) is -4.59. The minimum atomic E-state index is -4.59. The van der Waals surface area contributed by atoms with Gasteiger partial charge in [-0.05, 0) is 24.3 Å². The average molecular weight is 332 g/mol. The topological polar surface area (TPSA) is 46.6 Å². The molecular formula is C11H13ClF3NO3S. The Labute approximate surface area is 120 Å². The summed E-state index contributed by atoms with van der Waals surface area (Å²) in [5, 5.41) is 0. The van der Waals surface area contributed by atoms with Crippen molar-refractivity contribution >= 4 is 21.6 Å². The number of ether oxygens (including phenoxy) is 1. The zero-order valence-electron chi connectivity index (χ0n) is 10.5. The van der Waals surface area contributed by atoms with Crippen LogP contribution in [0.3, 0.4) is 0 Å². The minimum absolute atomic E-state index is 0.234. The van der Waals surface area contributed by atoms with Gasteiger partial charge in [0.1, 0.15) is 18.9 Å². The Kier molecular flexibility index (Phi) is 5.67. The lowest BCUT2D eigenvalue weighted by atomic mass is 10.3. The van der Waals surface area contributed by atoms with E-state index in [0.717, 1.165) is 7.05 Å². The number of hydrogen-bond acceptors (Lipinski definition) is 3. The Hall–Kier alpha value is -0.990. The number of benzene rings is 1. The van der Waals surface area contributed by atoms with Crippen molar-refractivity contribution in [2.24, 2.45) is 0 Å². The number of rotatable bonds is 6. The summed E-state index contributed by atoms with van der Waals surface area (Å²) in [4.78, 5) is -0.234. The highest BCUT2D eigenvalue weighted by Crippen LogP contribution is 2.22. The Morgan fingerprint density at radius 2 is 1.80 bits per heavy atom. The molecule has 0 aromatic heterocycles. The highest BCUT2D eigenvalue weighted by atomic mass is 35.5. The van der Waals surface area contributed by atoms with E-state index in [0.29, 0.717) is 5.75 Å². The van der Waals surface area contributed by atoms with Crippen LogP contribution >= 0.6 is 11.6 Å². The van der Waals surface area contributed by atoms with Gasteiger partial charge >= 0.3 is 6.18 Å². The second-order valence-electron chi connectivity index (χ2n) is 3.89. The first-order valence-corrected chi connectivity index (χ1v) is 7.46. The fourth-order valence-electron chi connectivity index (χ4n) is 1.38. The normalized spacial score (nSPS) is 12.7. The third-order valence-electron chi connectivity index (χ3n) is 2.28. The lowest BCUT2D eigenvalue weighted by Crippen LogP contribution is -2.35. The third kappa shape index (κ3) is 4.84. The van der Waals surface area contributed by atoms with Crippen molar-refractivity contribution in [1.82, 2.24) is 4.31 Å². The van der Waals surface area contributed by atoms with Gasteiger partial charge in [0.15, 0.2) is 0 Å². The van der Waals surface area contributed by atoms with Crippen LogP contribution < -0.4 is 4.74 Å². The first kappa shape index (κ1) is 17.1. The van der Waals surface area contributed by atoms with Crippen molar-refractivity contribution in [3.8, 4) is 5.75 Å². The highest BCUT2D eigenvalue weighted by molar-refractivity contribution is 7.89. The molecule has 9 heteroatoms. The third-order valence-corrected chi connectivity index (χ3v) is 4.25. The lowest BCUT2D eigenvalue weighted by molar-refractivity contribution is -0.134. The Morgan fingerprint density at radius 1 is 1.25 bits per heavy atom. The molecule has 0 radical (unpaired) electrons. The van der Waals surface area contributed by atoms with E-state index in [1.807, 2.05) is 0 Å². The lowest BCUT2D eigenvalue weighted by Gasteiger charge is -2.18. The predicted molar refractivity (Wildman–Crippen MR) is 68.5 cm³/mol. The van der Waals surface area contributed by atoms with E-state index in [4.69, 9.17) is 16.3 Å². The Balaban J connectivity index is 2.87. The minimum Gasteiger partial charge on any atom is -0.492 e. The zero-order chi connectivity index (χ0) is 15.4. The Bertz CT molecular complexity index is 531. The van der Waals surface area contributed by atoms with Gasteiger partial charge < -0.3 is 4.74 Å². The van der Waals surface area contributed by atoms with Gasteiger partial charge in [-0.15, -0.1) is 11.6 Å². The molecule has 1 aromatic carbocycles. The number of hydrogen-bond donors (Lipinski definition) is 0. The summed E-state index contributed by atoms with van der Waals surface area (Å²) in [6, 6.07) is 5.10. The van der Waals surface area contributed by atoms with Gasteiger partial charge in [-0.25, -0.2) is 8.42 Å². The van der Waals surface area contributed by atoms with E-state index in [1.165, 1.54) is 24.3 Å². The largest absolute Gasteiger partial charge is 0.492 e. The monoisotopic (exact) mass is 331 g/mol. The van der Waals surface area contributed by atoms with Crippen LogP contribution in [0.15, 0.2) is 29.2 Å². The summed E-state index contributed by atoms with van der Waals surface area (Å²) >= 11 is 5.42. The van der Waals surface area contributed by atoms with Crippen molar-refractivity contribution in [1.29, 1.82) is 0 Å². The molecular weight excluding hydrogens is 319 g/mol. The molecule has 0 unspecified atom stereocenters. The quantitative estimate of drug-likeness (QED) is 0.752. The van der Waals surface area contributed by atoms with Crippen molar-refractivity contribution in [2.45, 2.75) is 11.1 Å². The van der Waals surface area contributed by atoms with Crippen LogP contribution in [0.25, 0.3) is 0 Å². The molecule has 0 amide bonds. The smallest absolute Gasteiger partial charge is 0.402 e. The van der Waals surface area contributed by atoms with Crippen LogP contribution in [0, 0.1) is 0 Å². The highest BCUT2D eigenvalue weighted by Gasteiger charge is 2.34. The molecule has 1 aromatic rings. The molecule has 0 saturated carbocycles. The number of alkyl halides is 4. The summed E-state index contributed by atoms with van der Waals surface area (Å²) in [5.74, 6) is 0.664. The summed E-state index contributed by atoms with van der Waals surface area (Å²) in [7, 11) is -3.30. The number of sulfonamides is 1. The molecule has 0 aliphatic carbocycles. The Morgan fingerprint density at radius 3 is 2.25 bits per heavy atom. The fraction of sp³-hybridized carbons (Fsp3) is 0.455. The van der Waals surface area contributed by atoms with Gasteiger partial charge in [-0.2, -0.15) is 17.5 Å². The molecule has 114 valence electrons. The van der Waals surface area contributed by atoms with Crippen LogP contribution in [0.5, 0.6) is 5.75 Å². The average Bonchev–Trinajstić information content (AvgIpc) is 2.34. The van der Waals surface area contributed by atoms with E-state index in [-0.39, 0.29) is 21.7 Å². The van der Waals surface area contributed by atoms with Crippen LogP contribution in [0.4, 0.5) is 13.2 Å². The van der Waals surface area contributed by atoms with E-state index in [2.05, 4.69) is 0 Å². The fourth-order valence-corrected chi connectivity index (χ4v) is 2.62. The summed E-state index contributed by atoms with van der Waals surface area (Å²) in [5.41, 5.74) is 0. The van der Waals surface area contributed by atoms with Crippen molar-refractivity contribution < 1.29 is 26.3 Å². The summed E-state index contributed by atoms with van der Waals surface area (Å²) in [6.45, 7) is -1.29. The zero-order valence-corrected chi connectivity index (χ0v) is 12.1. The van der Waals surface area contributed by atoms with Gasteiger partial charge in [0.25, 0.3) is 0 Å². The van der Waals surface area contributed by atoms with Crippen molar-refractivity contribution in [3.63, 3.8) is 0 Å². The molecule has 1 rings (SSSR count). The van der Waals surface area contributed by atoms with Gasteiger partial charge in [-0.1, -0.05) is 0 Å². The number of halogens is 4. The van der Waals surface area contributed by atoms with Crippen molar-refractivity contribution in [2.75, 3.05) is 26.1 Å². The van der Waals surface area contributed by atoms with E-state index in [1.54, 1.807) is 0 Å². The van der Waals surface area contributed by atoms with Crippen molar-refractivity contribution in [3.05, 3.63) is 24.3 Å². The standard InChI is InChI=1S/C11H13ClF3NO3S/c1-16(8-11(13,14)15)20(17,18)10-4-2-9(3-5-10)19-7-6-12/h2-5H,6-8H2,1H3. The SMILES string of the molecule is CN(CC(F)(F)F)S(=O)(=O)c1ccc(OCCCl)cc1. The second-order valence-corrected chi connectivity index (χ2v) is 6.31. The van der Waals surface area contributed by atoms with Crippen LogP contribution in [-0.2, 0) is 10.0 Å². The molecule has 0 spiro atoms. The molecule has 0 atom stereocenters. The van der Waals surface area contributed by atoms with Gasteiger partial charge in [-0.3, -0.25) is 0 Å². The maximum absolute atomic E-state index is 12.2. The van der Waals surface area contributed by atoms with Crippen LogP contribution in [0.2, 0.25) is 0 Å². The maximum atomic E-state index is 12.2. The number of nitrogens with zero attached hydrogens (tertiary/aromatic N) is 1.